The highest BCUT2D eigenvalue weighted by Crippen LogP contribution is 2.26. The van der Waals surface area contributed by atoms with Gasteiger partial charge in [-0.3, -0.25) is 4.98 Å². The van der Waals surface area contributed by atoms with Crippen LogP contribution in [0, 0.1) is 5.82 Å². The molecule has 1 aromatic heterocycles. The van der Waals surface area contributed by atoms with E-state index in [1.54, 1.807) is 31.2 Å². The number of pyridine rings is 1. The van der Waals surface area contributed by atoms with E-state index < -0.39 is 15.8 Å². The van der Waals surface area contributed by atoms with Gasteiger partial charge in [0.1, 0.15) is 6.61 Å². The fourth-order valence-corrected chi connectivity index (χ4v) is 3.95. The SMILES string of the molecule is CCS(=O)(=O)NC1CCOC(COc2ccc(-c3ccc(Cl)cn3)cc2F)C1. The predicted octanol–water partition coefficient (Wildman–Crippen LogP) is 3.41. The van der Waals surface area contributed by atoms with Crippen LogP contribution in [0.1, 0.15) is 19.8 Å². The van der Waals surface area contributed by atoms with Crippen LogP contribution in [0.5, 0.6) is 5.75 Å². The largest absolute Gasteiger partial charge is 0.488 e. The summed E-state index contributed by atoms with van der Waals surface area (Å²) in [5, 5.41) is 0.510. The highest BCUT2D eigenvalue weighted by molar-refractivity contribution is 7.89. The minimum Gasteiger partial charge on any atom is -0.488 e. The first-order valence-corrected chi connectivity index (χ1v) is 11.0. The molecule has 3 rings (SSSR count). The molecule has 9 heteroatoms. The van der Waals surface area contributed by atoms with Gasteiger partial charge in [0.25, 0.3) is 0 Å². The summed E-state index contributed by atoms with van der Waals surface area (Å²) < 4.78 is 51.7. The summed E-state index contributed by atoms with van der Waals surface area (Å²) in [7, 11) is -3.27. The summed E-state index contributed by atoms with van der Waals surface area (Å²) in [6.45, 7) is 2.16. The van der Waals surface area contributed by atoms with Crippen LogP contribution in [0.3, 0.4) is 0 Å². The van der Waals surface area contributed by atoms with E-state index in [-0.39, 0.29) is 30.3 Å². The number of sulfonamides is 1. The average molecular weight is 429 g/mol. The molecular weight excluding hydrogens is 407 g/mol. The molecule has 152 valence electrons. The number of ether oxygens (including phenoxy) is 2. The zero-order valence-corrected chi connectivity index (χ0v) is 17.0. The summed E-state index contributed by atoms with van der Waals surface area (Å²) >= 11 is 5.82. The van der Waals surface area contributed by atoms with E-state index in [4.69, 9.17) is 21.1 Å². The Morgan fingerprint density at radius 1 is 1.36 bits per heavy atom. The molecule has 1 fully saturated rings. The molecule has 0 spiro atoms. The summed E-state index contributed by atoms with van der Waals surface area (Å²) in [4.78, 5) is 4.17. The number of benzene rings is 1. The van der Waals surface area contributed by atoms with Crippen molar-refractivity contribution in [3.8, 4) is 17.0 Å². The monoisotopic (exact) mass is 428 g/mol. The van der Waals surface area contributed by atoms with E-state index >= 15 is 0 Å². The van der Waals surface area contributed by atoms with Crippen molar-refractivity contribution < 1.29 is 22.3 Å². The van der Waals surface area contributed by atoms with Gasteiger partial charge in [0.2, 0.25) is 10.0 Å². The van der Waals surface area contributed by atoms with Crippen LogP contribution >= 0.6 is 11.6 Å². The zero-order chi connectivity index (χ0) is 20.1. The Bertz CT molecular complexity index is 909. The fourth-order valence-electron chi connectivity index (χ4n) is 2.95. The Hall–Kier alpha value is -1.74. The quantitative estimate of drug-likeness (QED) is 0.731. The number of rotatable bonds is 7. The number of aromatic nitrogens is 1. The molecule has 0 radical (unpaired) electrons. The number of halogens is 2. The van der Waals surface area contributed by atoms with Crippen LogP contribution in [0.25, 0.3) is 11.3 Å². The molecule has 1 aliphatic rings. The van der Waals surface area contributed by atoms with Gasteiger partial charge < -0.3 is 9.47 Å². The summed E-state index contributed by atoms with van der Waals surface area (Å²) in [6, 6.07) is 7.82. The second kappa shape index (κ2) is 9.17. The van der Waals surface area contributed by atoms with Crippen molar-refractivity contribution in [2.75, 3.05) is 19.0 Å². The highest BCUT2D eigenvalue weighted by atomic mass is 35.5. The van der Waals surface area contributed by atoms with E-state index in [0.29, 0.717) is 35.7 Å². The predicted molar refractivity (Wildman–Crippen MR) is 105 cm³/mol. The van der Waals surface area contributed by atoms with Crippen LogP contribution < -0.4 is 9.46 Å². The van der Waals surface area contributed by atoms with Gasteiger partial charge >= 0.3 is 0 Å². The van der Waals surface area contributed by atoms with Crippen molar-refractivity contribution in [3.63, 3.8) is 0 Å². The second-order valence-electron chi connectivity index (χ2n) is 6.55. The molecule has 0 amide bonds. The third kappa shape index (κ3) is 5.64. The summed E-state index contributed by atoms with van der Waals surface area (Å²) in [5.74, 6) is -0.364. The van der Waals surface area contributed by atoms with Crippen LogP contribution in [0.2, 0.25) is 5.02 Å². The van der Waals surface area contributed by atoms with Gasteiger partial charge in [-0.15, -0.1) is 0 Å². The van der Waals surface area contributed by atoms with E-state index in [2.05, 4.69) is 9.71 Å². The lowest BCUT2D eigenvalue weighted by molar-refractivity contribution is -0.0206. The third-order valence-electron chi connectivity index (χ3n) is 4.47. The van der Waals surface area contributed by atoms with Gasteiger partial charge in [-0.25, -0.2) is 17.5 Å². The van der Waals surface area contributed by atoms with Gasteiger partial charge in [-0.2, -0.15) is 0 Å². The topological polar surface area (TPSA) is 77.5 Å². The van der Waals surface area contributed by atoms with Crippen LogP contribution in [0.4, 0.5) is 4.39 Å². The maximum atomic E-state index is 14.4. The molecule has 2 aromatic rings. The molecule has 0 bridgehead atoms. The Labute approximate surface area is 169 Å². The normalized spacial score (nSPS) is 20.1. The molecule has 1 aromatic carbocycles. The van der Waals surface area contributed by atoms with Gasteiger partial charge in [0.15, 0.2) is 11.6 Å². The summed E-state index contributed by atoms with van der Waals surface area (Å²) in [6.07, 6.45) is 2.28. The lowest BCUT2D eigenvalue weighted by atomic mass is 10.1. The minimum atomic E-state index is -3.27. The van der Waals surface area contributed by atoms with Gasteiger partial charge in [0, 0.05) is 24.4 Å². The lowest BCUT2D eigenvalue weighted by Gasteiger charge is -2.29. The average Bonchev–Trinajstić information content (AvgIpc) is 2.67. The smallest absolute Gasteiger partial charge is 0.211 e. The second-order valence-corrected chi connectivity index (χ2v) is 9.03. The maximum Gasteiger partial charge on any atom is 0.211 e. The first kappa shape index (κ1) is 21.0. The van der Waals surface area contributed by atoms with Crippen LogP contribution in [0.15, 0.2) is 36.5 Å². The van der Waals surface area contributed by atoms with Crippen molar-refractivity contribution in [1.29, 1.82) is 0 Å². The van der Waals surface area contributed by atoms with E-state index in [1.807, 2.05) is 0 Å². The molecule has 2 atom stereocenters. The molecule has 2 unspecified atom stereocenters. The fraction of sp³-hybridized carbons (Fsp3) is 0.421. The molecule has 6 nitrogen and oxygen atoms in total. The van der Waals surface area contributed by atoms with Crippen molar-refractivity contribution in [1.82, 2.24) is 9.71 Å². The molecular formula is C19H22ClFN2O4S. The number of hydrogen-bond acceptors (Lipinski definition) is 5. The Morgan fingerprint density at radius 3 is 2.86 bits per heavy atom. The molecule has 0 saturated carbocycles. The molecule has 1 N–H and O–H groups in total. The first-order chi connectivity index (χ1) is 13.4. The molecule has 0 aliphatic carbocycles. The van der Waals surface area contributed by atoms with Crippen molar-refractivity contribution in [3.05, 3.63) is 47.4 Å². The molecule has 1 aliphatic heterocycles. The molecule has 1 saturated heterocycles. The van der Waals surface area contributed by atoms with Crippen molar-refractivity contribution >= 4 is 21.6 Å². The van der Waals surface area contributed by atoms with Crippen LogP contribution in [-0.4, -0.2) is 44.5 Å². The van der Waals surface area contributed by atoms with Gasteiger partial charge in [-0.05, 0) is 50.1 Å². The van der Waals surface area contributed by atoms with E-state index in [0.717, 1.165) is 0 Å². The van der Waals surface area contributed by atoms with E-state index in [1.165, 1.54) is 12.3 Å². The number of nitrogens with one attached hydrogen (secondary N) is 1. The molecule has 2 heterocycles. The minimum absolute atomic E-state index is 0.0333. The Balaban J connectivity index is 1.59. The Morgan fingerprint density at radius 2 is 2.18 bits per heavy atom. The zero-order valence-electron chi connectivity index (χ0n) is 15.4. The molecule has 28 heavy (non-hydrogen) atoms. The number of nitrogens with zero attached hydrogens (tertiary/aromatic N) is 1. The van der Waals surface area contributed by atoms with Gasteiger partial charge in [-0.1, -0.05) is 11.6 Å². The Kier molecular flexibility index (Phi) is 6.87. The first-order valence-electron chi connectivity index (χ1n) is 9.02. The number of hydrogen-bond donors (Lipinski definition) is 1. The third-order valence-corrected chi connectivity index (χ3v) is 6.15. The van der Waals surface area contributed by atoms with E-state index in [9.17, 15) is 12.8 Å². The lowest BCUT2D eigenvalue weighted by Crippen LogP contribution is -2.44. The van der Waals surface area contributed by atoms with Crippen LogP contribution in [-0.2, 0) is 14.8 Å². The standard InChI is InChI=1S/C19H22ClFN2O4S/c1-2-28(24,25)23-15-7-8-26-16(10-15)12-27-19-6-3-13(9-17(19)21)18-5-4-14(20)11-22-18/h3-6,9,11,15-16,23H,2,7-8,10,12H2,1H3. The summed E-state index contributed by atoms with van der Waals surface area (Å²) in [5.41, 5.74) is 1.22. The van der Waals surface area contributed by atoms with Crippen molar-refractivity contribution in [2.45, 2.75) is 31.9 Å². The van der Waals surface area contributed by atoms with Gasteiger partial charge in [0.05, 0.1) is 22.6 Å². The van der Waals surface area contributed by atoms with Crippen molar-refractivity contribution in [2.24, 2.45) is 0 Å². The maximum absolute atomic E-state index is 14.4. The highest BCUT2D eigenvalue weighted by Gasteiger charge is 2.26.